The molecule has 3 N–H and O–H groups in total. The van der Waals surface area contributed by atoms with Crippen LogP contribution in [0.3, 0.4) is 0 Å². The number of nitrogens with one attached hydrogen (secondary N) is 1. The molecule has 0 spiro atoms. The Bertz CT molecular complexity index is 2590. The molecule has 9 fully saturated rings. The monoisotopic (exact) mass is 1190 g/mol. The molecule has 1 unspecified atom stereocenters. The van der Waals surface area contributed by atoms with Crippen molar-refractivity contribution >= 4 is 33.5 Å². The molecule has 16 nitrogen and oxygen atoms in total. The summed E-state index contributed by atoms with van der Waals surface area (Å²) < 4.78 is 6.25. The molecule has 19 atom stereocenters. The largest absolute Gasteiger partial charge is 1.00 e. The zero-order valence-electron chi connectivity index (χ0n) is 48.5. The molecule has 414 valence electrons. The SMILES string of the molecule is C[C@@H]1C[C@H](C(=O)CBr)[C@@]2(C)CC[C@H]3[C@@H](CC[C@@H]4C[C@](C)(O)CC[C@@H]43)[C@H]12.C[C@@H]1C[C@H](C(=O)Cn2nc(C#N)cc2C#N)[C@@]2(C)CC[C@H]3[C@@H](CC[C@@H]4C[C@](C)(O)CC[C@@H]43)[C@H]12.N#Cc1cc(C#N)[nH]n1.O=C(O[O-])C1CCCO1.[H-].[K+].[K+]. The number of ether oxygens (including phenoxy) is 1. The normalized spacial score (nSPS) is 40.3. The summed E-state index contributed by atoms with van der Waals surface area (Å²) in [5.41, 5.74) is 0.343. The van der Waals surface area contributed by atoms with Crippen molar-refractivity contribution in [3.05, 3.63) is 34.9 Å². The first-order valence-electron chi connectivity index (χ1n) is 28.4. The fourth-order valence-corrected chi connectivity index (χ4v) is 18.9. The number of rotatable bonds is 6. The van der Waals surface area contributed by atoms with Crippen LogP contribution >= 0.6 is 15.9 Å². The van der Waals surface area contributed by atoms with Crippen LogP contribution in [0.2, 0.25) is 0 Å². The second kappa shape index (κ2) is 27.7. The Labute approximate surface area is 557 Å². The van der Waals surface area contributed by atoms with E-state index >= 15 is 0 Å². The van der Waals surface area contributed by atoms with Crippen molar-refractivity contribution in [3.8, 4) is 24.3 Å². The maximum Gasteiger partial charge on any atom is 1.00 e. The van der Waals surface area contributed by atoms with E-state index in [4.69, 9.17) is 20.5 Å². The van der Waals surface area contributed by atoms with Crippen LogP contribution in [0.15, 0.2) is 12.1 Å². The van der Waals surface area contributed by atoms with Crippen LogP contribution in [0.1, 0.15) is 181 Å². The molecule has 3 heterocycles. The topological polar surface area (TPSA) is 275 Å². The van der Waals surface area contributed by atoms with E-state index in [1.807, 2.05) is 26.0 Å². The van der Waals surface area contributed by atoms with E-state index in [0.29, 0.717) is 59.4 Å². The van der Waals surface area contributed by atoms with Gasteiger partial charge in [-0.05, 0) is 211 Å². The molecule has 2 aromatic rings. The van der Waals surface area contributed by atoms with Crippen molar-refractivity contribution in [2.24, 2.45) is 93.7 Å². The smallest absolute Gasteiger partial charge is 1.00 e. The Hall–Kier alpha value is -1.22. The number of aromatic nitrogens is 4. The number of ketones is 2. The number of alkyl halides is 1. The van der Waals surface area contributed by atoms with Gasteiger partial charge in [-0.1, -0.05) is 43.6 Å². The van der Waals surface area contributed by atoms with Gasteiger partial charge in [-0.2, -0.15) is 31.2 Å². The zero-order valence-corrected chi connectivity index (χ0v) is 55.3. The Balaban J connectivity index is 0.000000219. The summed E-state index contributed by atoms with van der Waals surface area (Å²) in [7, 11) is 0. The number of nitriles is 4. The molecule has 78 heavy (non-hydrogen) atoms. The second-order valence-corrected chi connectivity index (χ2v) is 26.5. The van der Waals surface area contributed by atoms with Crippen LogP contribution in [0, 0.1) is 139 Å². The number of aromatic amines is 1. The van der Waals surface area contributed by atoms with Gasteiger partial charge < -0.3 is 26.5 Å². The van der Waals surface area contributed by atoms with Crippen molar-refractivity contribution in [2.45, 2.75) is 181 Å². The van der Waals surface area contributed by atoms with E-state index in [1.165, 1.54) is 68.2 Å². The van der Waals surface area contributed by atoms with Gasteiger partial charge in [-0.15, -0.1) is 0 Å². The minimum absolute atomic E-state index is 0. The molecule has 19 heteroatoms. The first-order chi connectivity index (χ1) is 36.1. The second-order valence-electron chi connectivity index (χ2n) is 26.0. The van der Waals surface area contributed by atoms with Gasteiger partial charge >= 0.3 is 109 Å². The molecular weight excluding hydrogens is 1110 g/mol. The van der Waals surface area contributed by atoms with E-state index in [-0.39, 0.29) is 156 Å². The first kappa shape index (κ1) is 65.9. The van der Waals surface area contributed by atoms with Gasteiger partial charge in [0.1, 0.15) is 48.0 Å². The maximum atomic E-state index is 13.6. The molecule has 8 saturated carbocycles. The van der Waals surface area contributed by atoms with Crippen LogP contribution in [0.5, 0.6) is 0 Å². The van der Waals surface area contributed by atoms with Gasteiger partial charge in [-0.3, -0.25) is 14.7 Å². The minimum atomic E-state index is -0.799. The molecule has 0 radical (unpaired) electrons. The number of H-pyrrole nitrogens is 1. The summed E-state index contributed by atoms with van der Waals surface area (Å²) in [6, 6.07) is 10.5. The summed E-state index contributed by atoms with van der Waals surface area (Å²) in [5.74, 6) is 8.66. The fraction of sp³-hybridized carbons (Fsp3) is 0.780. The maximum absolute atomic E-state index is 13.6. The third-order valence-electron chi connectivity index (χ3n) is 21.4. The number of fused-ring (bicyclic) bond motifs is 10. The molecule has 11 rings (SSSR count). The van der Waals surface area contributed by atoms with Gasteiger partial charge in [0.2, 0.25) is 0 Å². The quantitative estimate of drug-likeness (QED) is 0.163. The predicted molar refractivity (Wildman–Crippen MR) is 281 cm³/mol. The van der Waals surface area contributed by atoms with Crippen LogP contribution in [0.4, 0.5) is 0 Å². The van der Waals surface area contributed by atoms with Crippen LogP contribution in [-0.2, 0) is 30.6 Å². The molecule has 2 aromatic heterocycles. The summed E-state index contributed by atoms with van der Waals surface area (Å²) in [5, 5.41) is 76.2. The minimum Gasteiger partial charge on any atom is -1.00 e. The van der Waals surface area contributed by atoms with E-state index in [9.17, 15) is 35.1 Å². The fourth-order valence-electron chi connectivity index (χ4n) is 18.5. The molecule has 0 aromatic carbocycles. The van der Waals surface area contributed by atoms with E-state index < -0.39 is 23.3 Å². The predicted octanol–water partition coefficient (Wildman–Crippen LogP) is 2.94. The Kier molecular flexibility index (Phi) is 23.4. The Morgan fingerprint density at radius 2 is 1.24 bits per heavy atom. The molecule has 1 saturated heterocycles. The number of nitrogens with zero attached hydrogens (tertiary/aromatic N) is 7. The van der Waals surface area contributed by atoms with Crippen molar-refractivity contribution in [1.82, 2.24) is 20.0 Å². The van der Waals surface area contributed by atoms with Gasteiger partial charge in [0.05, 0.1) is 16.5 Å². The number of aliphatic hydroxyl groups is 2. The molecule has 8 aliphatic carbocycles. The summed E-state index contributed by atoms with van der Waals surface area (Å²) in [6.07, 6.45) is 19.1. The van der Waals surface area contributed by atoms with Crippen molar-refractivity contribution in [2.75, 3.05) is 11.9 Å². The number of carbonyl (C=O) groups is 3. The van der Waals surface area contributed by atoms with Gasteiger partial charge in [0, 0.05) is 30.6 Å². The number of carbonyl (C=O) groups excluding carboxylic acids is 3. The van der Waals surface area contributed by atoms with Crippen molar-refractivity contribution in [1.29, 1.82) is 21.0 Å². The van der Waals surface area contributed by atoms with Gasteiger partial charge in [0.25, 0.3) is 0 Å². The van der Waals surface area contributed by atoms with Crippen LogP contribution < -0.4 is 108 Å². The van der Waals surface area contributed by atoms with Gasteiger partial charge in [-0.25, -0.2) is 9.48 Å². The Morgan fingerprint density at radius 3 is 1.67 bits per heavy atom. The number of hydrogen-bond donors (Lipinski definition) is 3. The third-order valence-corrected chi connectivity index (χ3v) is 22.0. The van der Waals surface area contributed by atoms with Crippen LogP contribution in [0.25, 0.3) is 0 Å². The van der Waals surface area contributed by atoms with E-state index in [1.54, 1.807) is 6.07 Å². The summed E-state index contributed by atoms with van der Waals surface area (Å²) >= 11 is 3.44. The third kappa shape index (κ3) is 14.0. The molecule has 1 aliphatic heterocycles. The average molecular weight is 1190 g/mol. The first-order valence-corrected chi connectivity index (χ1v) is 29.5. The number of halogens is 1. The number of Topliss-reactive ketones (excluding diaryl/α,β-unsaturated/α-hetero) is 2. The standard InChI is InChI=1S/C27H36N4O2.C22H35BrO2.C5H2N4.C5H8O4.2K.H/c1-16-10-23(24(32)15-31-19(14-29)11-18(13-28)30-31)27(3)9-7-21-20-6-8-26(2,33)12-17(20)4-5-22(21)25(16)27;1-13-10-18(19(24)12-23)22(3)9-7-16-15-6-8-21(2,25)11-14(15)4-5-17(16)20(13)22;6-2-4-1-5(3-7)9-8-4;6-5(9-7)4-2-1-3-8-4;;;/h11,16-17,20-23,25,33H,4-10,12,15H2,1-3H3;13-18,20,25H,4-12H2,1-3H3;1H,(H,8,9);4,7H,1-3H2;;;/q;;;;2*+1;-1/p-1/t16-,17-,20+,21-,22-,23-,25+,26-,27-;13-,14-,15+,16-,17-,18-,20+,21-,22-;;;;;/m11...../s1. The molecular formula is C59H81BrK2N8O8. The zero-order chi connectivity index (χ0) is 54.9. The van der Waals surface area contributed by atoms with Gasteiger partial charge in [0.15, 0.2) is 23.3 Å². The van der Waals surface area contributed by atoms with Crippen LogP contribution in [-0.4, -0.2) is 77.0 Å². The van der Waals surface area contributed by atoms with Crippen molar-refractivity contribution in [3.63, 3.8) is 0 Å². The Morgan fingerprint density at radius 1 is 0.731 bits per heavy atom. The van der Waals surface area contributed by atoms with Crippen molar-refractivity contribution < 1.29 is 144 Å². The molecule has 0 amide bonds. The van der Waals surface area contributed by atoms with E-state index in [0.717, 1.165) is 99.2 Å². The molecule has 0 bridgehead atoms. The summed E-state index contributed by atoms with van der Waals surface area (Å²) in [4.78, 5) is 39.7. The van der Waals surface area contributed by atoms with E-state index in [2.05, 4.69) is 69.9 Å². The molecule has 9 aliphatic rings. The number of hydrogen-bond acceptors (Lipinski definition) is 14. The summed E-state index contributed by atoms with van der Waals surface area (Å²) in [6.45, 7) is 14.3. The average Bonchev–Trinajstić information content (AvgIpc) is 4.41.